The highest BCUT2D eigenvalue weighted by Gasteiger charge is 2.33. The summed E-state index contributed by atoms with van der Waals surface area (Å²) in [4.78, 5) is 21.4. The summed E-state index contributed by atoms with van der Waals surface area (Å²) in [6.07, 6.45) is 0. The minimum Gasteiger partial charge on any atom is -0.369 e. The molecule has 80 valence electrons. The minimum absolute atomic E-state index is 0.0821. The second-order valence-corrected chi connectivity index (χ2v) is 3.76. The molecule has 0 fully saturated rings. The number of nitro groups is 1. The van der Waals surface area contributed by atoms with Crippen LogP contribution < -0.4 is 5.73 Å². The molecule has 1 aromatic rings. The predicted molar refractivity (Wildman–Crippen MR) is 55.3 cm³/mol. The van der Waals surface area contributed by atoms with Gasteiger partial charge in [0.05, 0.1) is 10.3 Å². The lowest BCUT2D eigenvalue weighted by atomic mass is 9.83. The molecule has 0 bridgehead atoms. The van der Waals surface area contributed by atoms with E-state index in [-0.39, 0.29) is 5.69 Å². The first-order chi connectivity index (χ1) is 6.87. The molecule has 0 atom stereocenters. The van der Waals surface area contributed by atoms with Crippen molar-refractivity contribution in [2.75, 3.05) is 0 Å². The van der Waals surface area contributed by atoms with E-state index in [9.17, 15) is 14.9 Å². The maximum absolute atomic E-state index is 11.2. The van der Waals surface area contributed by atoms with Crippen LogP contribution in [0, 0.1) is 10.1 Å². The Kier molecular flexibility index (Phi) is 2.74. The van der Waals surface area contributed by atoms with E-state index < -0.39 is 16.2 Å². The van der Waals surface area contributed by atoms with Crippen LogP contribution in [0.1, 0.15) is 19.4 Å². The monoisotopic (exact) mass is 208 g/mol. The topological polar surface area (TPSA) is 86.2 Å². The molecule has 0 saturated heterocycles. The number of hydrogen-bond acceptors (Lipinski definition) is 3. The van der Waals surface area contributed by atoms with Crippen LogP contribution in [0.3, 0.4) is 0 Å². The van der Waals surface area contributed by atoms with Crippen molar-refractivity contribution in [3.63, 3.8) is 0 Å². The lowest BCUT2D eigenvalue weighted by Crippen LogP contribution is -2.35. The van der Waals surface area contributed by atoms with Crippen LogP contribution in [0.2, 0.25) is 0 Å². The van der Waals surface area contributed by atoms with Crippen LogP contribution in [0.5, 0.6) is 0 Å². The number of rotatable bonds is 3. The fourth-order valence-corrected chi connectivity index (χ4v) is 1.29. The molecular formula is C10H12N2O3. The van der Waals surface area contributed by atoms with Crippen molar-refractivity contribution in [3.05, 3.63) is 39.9 Å². The Morgan fingerprint density at radius 3 is 2.40 bits per heavy atom. The minimum atomic E-state index is -1.04. The zero-order chi connectivity index (χ0) is 11.6. The average Bonchev–Trinajstić information content (AvgIpc) is 2.17. The van der Waals surface area contributed by atoms with E-state index in [1.807, 2.05) is 0 Å². The van der Waals surface area contributed by atoms with E-state index in [1.165, 1.54) is 6.07 Å². The van der Waals surface area contributed by atoms with E-state index in [0.717, 1.165) is 0 Å². The Morgan fingerprint density at radius 1 is 1.40 bits per heavy atom. The lowest BCUT2D eigenvalue weighted by Gasteiger charge is -2.20. The van der Waals surface area contributed by atoms with Gasteiger partial charge in [-0.3, -0.25) is 14.9 Å². The summed E-state index contributed by atoms with van der Waals surface area (Å²) < 4.78 is 0. The van der Waals surface area contributed by atoms with E-state index in [0.29, 0.717) is 5.56 Å². The van der Waals surface area contributed by atoms with E-state index >= 15 is 0 Å². The molecule has 0 aliphatic heterocycles. The van der Waals surface area contributed by atoms with Crippen molar-refractivity contribution in [2.24, 2.45) is 5.73 Å². The fourth-order valence-electron chi connectivity index (χ4n) is 1.29. The highest BCUT2D eigenvalue weighted by atomic mass is 16.6. The standard InChI is InChI=1S/C10H12N2O3/c1-10(2,9(11)13)7-5-3-4-6-8(7)12(14)15/h3-6H,1-2H3,(H2,11,13). The summed E-state index contributed by atoms with van der Waals surface area (Å²) in [6, 6.07) is 6.11. The number of amides is 1. The molecule has 1 amide bonds. The van der Waals surface area contributed by atoms with E-state index in [1.54, 1.807) is 32.0 Å². The summed E-state index contributed by atoms with van der Waals surface area (Å²) in [7, 11) is 0. The summed E-state index contributed by atoms with van der Waals surface area (Å²) in [5.74, 6) is -0.586. The van der Waals surface area contributed by atoms with E-state index in [4.69, 9.17) is 5.73 Å². The number of carbonyl (C=O) groups excluding carboxylic acids is 1. The number of nitrogens with two attached hydrogens (primary N) is 1. The highest BCUT2D eigenvalue weighted by Crippen LogP contribution is 2.30. The number of hydrogen-bond donors (Lipinski definition) is 1. The van der Waals surface area contributed by atoms with Gasteiger partial charge in [-0.2, -0.15) is 0 Å². The molecule has 0 aliphatic carbocycles. The van der Waals surface area contributed by atoms with Gasteiger partial charge in [0.1, 0.15) is 0 Å². The zero-order valence-electron chi connectivity index (χ0n) is 8.56. The summed E-state index contributed by atoms with van der Waals surface area (Å²) in [5, 5.41) is 10.7. The maximum Gasteiger partial charge on any atom is 0.273 e. The summed E-state index contributed by atoms with van der Waals surface area (Å²) >= 11 is 0. The Hall–Kier alpha value is -1.91. The summed E-state index contributed by atoms with van der Waals surface area (Å²) in [5.41, 5.74) is 4.43. The number of carbonyl (C=O) groups is 1. The molecule has 1 rings (SSSR count). The van der Waals surface area contributed by atoms with Gasteiger partial charge in [-0.25, -0.2) is 0 Å². The Bertz CT molecular complexity index is 413. The van der Waals surface area contributed by atoms with Crippen molar-refractivity contribution in [3.8, 4) is 0 Å². The molecule has 2 N–H and O–H groups in total. The van der Waals surface area contributed by atoms with Gasteiger partial charge >= 0.3 is 0 Å². The molecule has 1 aromatic carbocycles. The van der Waals surface area contributed by atoms with Gasteiger partial charge in [0, 0.05) is 11.6 Å². The molecule has 5 nitrogen and oxygen atoms in total. The van der Waals surface area contributed by atoms with Crippen LogP contribution in [0.15, 0.2) is 24.3 Å². The quantitative estimate of drug-likeness (QED) is 0.601. The molecular weight excluding hydrogens is 196 g/mol. The molecule has 0 radical (unpaired) electrons. The first-order valence-electron chi connectivity index (χ1n) is 4.41. The van der Waals surface area contributed by atoms with Gasteiger partial charge < -0.3 is 5.73 Å². The average molecular weight is 208 g/mol. The van der Waals surface area contributed by atoms with Gasteiger partial charge in [-0.05, 0) is 13.8 Å². The third kappa shape index (κ3) is 1.96. The second kappa shape index (κ2) is 3.68. The van der Waals surface area contributed by atoms with Crippen LogP contribution >= 0.6 is 0 Å². The molecule has 5 heteroatoms. The maximum atomic E-state index is 11.2. The third-order valence-corrected chi connectivity index (χ3v) is 2.39. The van der Waals surface area contributed by atoms with Crippen molar-refractivity contribution < 1.29 is 9.72 Å². The second-order valence-electron chi connectivity index (χ2n) is 3.76. The van der Waals surface area contributed by atoms with Crippen LogP contribution in [-0.2, 0) is 10.2 Å². The van der Waals surface area contributed by atoms with Crippen molar-refractivity contribution in [1.29, 1.82) is 0 Å². The fraction of sp³-hybridized carbons (Fsp3) is 0.300. The van der Waals surface area contributed by atoms with Crippen molar-refractivity contribution in [1.82, 2.24) is 0 Å². The molecule has 0 saturated carbocycles. The zero-order valence-corrected chi connectivity index (χ0v) is 8.56. The molecule has 0 unspecified atom stereocenters. The highest BCUT2D eigenvalue weighted by molar-refractivity contribution is 5.87. The van der Waals surface area contributed by atoms with Crippen LogP contribution in [-0.4, -0.2) is 10.8 Å². The van der Waals surface area contributed by atoms with Gasteiger partial charge in [0.25, 0.3) is 5.69 Å². The molecule has 0 heterocycles. The third-order valence-electron chi connectivity index (χ3n) is 2.39. The number of nitrogens with zero attached hydrogens (tertiary/aromatic N) is 1. The molecule has 15 heavy (non-hydrogen) atoms. The first kappa shape index (κ1) is 11.2. The lowest BCUT2D eigenvalue weighted by molar-refractivity contribution is -0.385. The Morgan fingerprint density at radius 2 is 1.93 bits per heavy atom. The number of primary amides is 1. The van der Waals surface area contributed by atoms with Crippen molar-refractivity contribution >= 4 is 11.6 Å². The smallest absolute Gasteiger partial charge is 0.273 e. The van der Waals surface area contributed by atoms with Gasteiger partial charge in [-0.1, -0.05) is 18.2 Å². The Balaban J connectivity index is 3.37. The number of nitro benzene ring substituents is 1. The predicted octanol–water partition coefficient (Wildman–Crippen LogP) is 1.36. The van der Waals surface area contributed by atoms with Gasteiger partial charge in [-0.15, -0.1) is 0 Å². The number of benzene rings is 1. The van der Waals surface area contributed by atoms with Gasteiger partial charge in [0.15, 0.2) is 0 Å². The van der Waals surface area contributed by atoms with Crippen LogP contribution in [0.25, 0.3) is 0 Å². The van der Waals surface area contributed by atoms with Crippen molar-refractivity contribution in [2.45, 2.75) is 19.3 Å². The summed E-state index contributed by atoms with van der Waals surface area (Å²) in [6.45, 7) is 3.13. The van der Waals surface area contributed by atoms with E-state index in [2.05, 4.69) is 0 Å². The van der Waals surface area contributed by atoms with Crippen LogP contribution in [0.4, 0.5) is 5.69 Å². The molecule has 0 aliphatic rings. The molecule has 0 spiro atoms. The van der Waals surface area contributed by atoms with Gasteiger partial charge in [0.2, 0.25) is 5.91 Å². The SMILES string of the molecule is CC(C)(C(N)=O)c1ccccc1[N+](=O)[O-]. The normalized spacial score (nSPS) is 11.1. The first-order valence-corrected chi connectivity index (χ1v) is 4.41. The molecule has 0 aromatic heterocycles. The largest absolute Gasteiger partial charge is 0.369 e. The Labute approximate surface area is 87.0 Å². The number of para-hydroxylation sites is 1.